The van der Waals surface area contributed by atoms with Crippen molar-refractivity contribution in [1.82, 2.24) is 15.3 Å². The summed E-state index contributed by atoms with van der Waals surface area (Å²) in [6.45, 7) is 5.38. The molecule has 0 atom stereocenters. The first-order valence-corrected chi connectivity index (χ1v) is 5.57. The summed E-state index contributed by atoms with van der Waals surface area (Å²) in [6.07, 6.45) is 8.64. The summed E-state index contributed by atoms with van der Waals surface area (Å²) in [6, 6.07) is 0.660. The number of aromatic nitrogens is 2. The highest BCUT2D eigenvalue weighted by molar-refractivity contribution is 4.93. The number of nitrogens with one attached hydrogen (secondary N) is 2. The number of hydrogen-bond donors (Lipinski definition) is 2. The second-order valence-corrected chi connectivity index (χ2v) is 3.73. The fraction of sp³-hybridized carbons (Fsp3) is 0.727. The molecule has 0 aliphatic heterocycles. The molecule has 0 saturated carbocycles. The zero-order valence-corrected chi connectivity index (χ0v) is 9.21. The second kappa shape index (κ2) is 6.60. The van der Waals surface area contributed by atoms with Crippen LogP contribution >= 0.6 is 0 Å². The smallest absolute Gasteiger partial charge is 0.0922 e. The normalized spacial score (nSPS) is 11.1. The molecule has 3 nitrogen and oxygen atoms in total. The van der Waals surface area contributed by atoms with Crippen LogP contribution in [0.1, 0.15) is 45.2 Å². The van der Waals surface area contributed by atoms with Gasteiger partial charge in [0.25, 0.3) is 0 Å². The van der Waals surface area contributed by atoms with E-state index in [0.29, 0.717) is 6.04 Å². The van der Waals surface area contributed by atoms with Crippen molar-refractivity contribution in [2.24, 2.45) is 0 Å². The van der Waals surface area contributed by atoms with E-state index in [1.807, 2.05) is 6.20 Å². The Bertz CT molecular complexity index is 212. The monoisotopic (exact) mass is 195 g/mol. The molecule has 0 saturated heterocycles. The molecule has 0 aromatic carbocycles. The van der Waals surface area contributed by atoms with Crippen molar-refractivity contribution in [2.75, 3.05) is 0 Å². The van der Waals surface area contributed by atoms with E-state index in [2.05, 4.69) is 29.1 Å². The molecule has 1 aromatic heterocycles. The third-order valence-corrected chi connectivity index (χ3v) is 2.41. The van der Waals surface area contributed by atoms with Gasteiger partial charge in [-0.3, -0.25) is 0 Å². The summed E-state index contributed by atoms with van der Waals surface area (Å²) in [4.78, 5) is 7.10. The van der Waals surface area contributed by atoms with Gasteiger partial charge in [-0.1, -0.05) is 26.7 Å². The Balaban J connectivity index is 2.25. The highest BCUT2D eigenvalue weighted by Gasteiger charge is 2.05. The van der Waals surface area contributed by atoms with Crippen LogP contribution in [-0.2, 0) is 6.54 Å². The Morgan fingerprint density at radius 3 is 2.57 bits per heavy atom. The summed E-state index contributed by atoms with van der Waals surface area (Å²) < 4.78 is 0. The molecule has 0 unspecified atom stereocenters. The third-order valence-electron chi connectivity index (χ3n) is 2.41. The highest BCUT2D eigenvalue weighted by Crippen LogP contribution is 2.05. The third kappa shape index (κ3) is 3.92. The molecule has 0 aliphatic carbocycles. The van der Waals surface area contributed by atoms with E-state index in [0.717, 1.165) is 6.54 Å². The molecule has 0 fully saturated rings. The number of nitrogens with zero attached hydrogens (tertiary/aromatic N) is 1. The molecule has 80 valence electrons. The summed E-state index contributed by atoms with van der Waals surface area (Å²) in [5.41, 5.74) is 1.17. The first-order chi connectivity index (χ1) is 6.86. The van der Waals surface area contributed by atoms with Crippen molar-refractivity contribution in [2.45, 2.75) is 52.1 Å². The van der Waals surface area contributed by atoms with Crippen molar-refractivity contribution < 1.29 is 0 Å². The van der Waals surface area contributed by atoms with Crippen molar-refractivity contribution >= 4 is 0 Å². The van der Waals surface area contributed by atoms with E-state index in [1.54, 1.807) is 6.33 Å². The lowest BCUT2D eigenvalue weighted by Crippen LogP contribution is -2.28. The standard InChI is InChI=1S/C11H21N3/c1-3-5-10(6-4-2)13-8-11-7-12-9-14-11/h7,9-10,13H,3-6,8H2,1-2H3,(H,12,14). The van der Waals surface area contributed by atoms with Crippen molar-refractivity contribution in [1.29, 1.82) is 0 Å². The van der Waals surface area contributed by atoms with Crippen LogP contribution in [0.4, 0.5) is 0 Å². The van der Waals surface area contributed by atoms with Crippen LogP contribution in [0.3, 0.4) is 0 Å². The average Bonchev–Trinajstić information content (AvgIpc) is 2.67. The van der Waals surface area contributed by atoms with Crippen LogP contribution in [0.25, 0.3) is 0 Å². The Kier molecular flexibility index (Phi) is 5.30. The maximum absolute atomic E-state index is 4.00. The zero-order chi connectivity index (χ0) is 10.2. The van der Waals surface area contributed by atoms with Crippen LogP contribution < -0.4 is 5.32 Å². The van der Waals surface area contributed by atoms with E-state index < -0.39 is 0 Å². The predicted molar refractivity (Wildman–Crippen MR) is 59.0 cm³/mol. The molecule has 0 radical (unpaired) electrons. The van der Waals surface area contributed by atoms with Gasteiger partial charge in [-0.2, -0.15) is 0 Å². The fourth-order valence-electron chi connectivity index (χ4n) is 1.68. The van der Waals surface area contributed by atoms with E-state index in [4.69, 9.17) is 0 Å². The minimum absolute atomic E-state index is 0.660. The average molecular weight is 195 g/mol. The molecule has 2 N–H and O–H groups in total. The van der Waals surface area contributed by atoms with E-state index in [1.165, 1.54) is 31.4 Å². The minimum Gasteiger partial charge on any atom is -0.347 e. The van der Waals surface area contributed by atoms with Gasteiger partial charge in [0, 0.05) is 24.5 Å². The number of hydrogen-bond acceptors (Lipinski definition) is 2. The first-order valence-electron chi connectivity index (χ1n) is 5.57. The fourth-order valence-corrected chi connectivity index (χ4v) is 1.68. The number of aromatic amines is 1. The number of H-pyrrole nitrogens is 1. The topological polar surface area (TPSA) is 40.7 Å². The first kappa shape index (κ1) is 11.2. The number of rotatable bonds is 7. The molecule has 0 amide bonds. The molecule has 1 heterocycles. The molecule has 0 bridgehead atoms. The predicted octanol–water partition coefficient (Wildman–Crippen LogP) is 2.47. The molecule has 0 spiro atoms. The Labute approximate surface area is 86.3 Å². The van der Waals surface area contributed by atoms with Gasteiger partial charge in [0.1, 0.15) is 0 Å². The molecule has 3 heteroatoms. The Hall–Kier alpha value is -0.830. The maximum atomic E-state index is 4.00. The number of imidazole rings is 1. The van der Waals surface area contributed by atoms with Gasteiger partial charge in [-0.15, -0.1) is 0 Å². The largest absolute Gasteiger partial charge is 0.347 e. The van der Waals surface area contributed by atoms with Gasteiger partial charge >= 0.3 is 0 Å². The lowest BCUT2D eigenvalue weighted by Gasteiger charge is -2.16. The summed E-state index contributed by atoms with van der Waals surface area (Å²) in [5.74, 6) is 0. The molecular weight excluding hydrogens is 174 g/mol. The summed E-state index contributed by atoms with van der Waals surface area (Å²) >= 11 is 0. The maximum Gasteiger partial charge on any atom is 0.0922 e. The Morgan fingerprint density at radius 1 is 1.36 bits per heavy atom. The van der Waals surface area contributed by atoms with Crippen molar-refractivity contribution in [3.8, 4) is 0 Å². The lowest BCUT2D eigenvalue weighted by atomic mass is 10.1. The SMILES string of the molecule is CCCC(CCC)NCc1cnc[nH]1. The molecule has 1 rings (SSSR count). The van der Waals surface area contributed by atoms with Gasteiger partial charge < -0.3 is 10.3 Å². The van der Waals surface area contributed by atoms with Crippen LogP contribution in [0.15, 0.2) is 12.5 Å². The van der Waals surface area contributed by atoms with Crippen molar-refractivity contribution in [3.63, 3.8) is 0 Å². The molecular formula is C11H21N3. The Morgan fingerprint density at radius 2 is 2.07 bits per heavy atom. The summed E-state index contributed by atoms with van der Waals surface area (Å²) in [7, 11) is 0. The lowest BCUT2D eigenvalue weighted by molar-refractivity contribution is 0.441. The van der Waals surface area contributed by atoms with Gasteiger partial charge in [0.15, 0.2) is 0 Å². The minimum atomic E-state index is 0.660. The van der Waals surface area contributed by atoms with Gasteiger partial charge in [0.05, 0.1) is 6.33 Å². The van der Waals surface area contributed by atoms with Crippen LogP contribution in [0.2, 0.25) is 0 Å². The quantitative estimate of drug-likeness (QED) is 0.701. The van der Waals surface area contributed by atoms with Crippen molar-refractivity contribution in [3.05, 3.63) is 18.2 Å². The second-order valence-electron chi connectivity index (χ2n) is 3.73. The van der Waals surface area contributed by atoms with Crippen LogP contribution in [0.5, 0.6) is 0 Å². The molecule has 1 aromatic rings. The summed E-state index contributed by atoms with van der Waals surface area (Å²) in [5, 5.41) is 3.55. The van der Waals surface area contributed by atoms with Gasteiger partial charge in [-0.25, -0.2) is 4.98 Å². The van der Waals surface area contributed by atoms with E-state index >= 15 is 0 Å². The van der Waals surface area contributed by atoms with E-state index in [9.17, 15) is 0 Å². The highest BCUT2D eigenvalue weighted by atomic mass is 15.0. The van der Waals surface area contributed by atoms with Gasteiger partial charge in [-0.05, 0) is 12.8 Å². The van der Waals surface area contributed by atoms with E-state index in [-0.39, 0.29) is 0 Å². The van der Waals surface area contributed by atoms with Crippen LogP contribution in [0, 0.1) is 0 Å². The molecule has 0 aliphatic rings. The van der Waals surface area contributed by atoms with Crippen LogP contribution in [-0.4, -0.2) is 16.0 Å². The zero-order valence-electron chi connectivity index (χ0n) is 9.21. The van der Waals surface area contributed by atoms with Gasteiger partial charge in [0.2, 0.25) is 0 Å². The molecule has 14 heavy (non-hydrogen) atoms.